The fourth-order valence-corrected chi connectivity index (χ4v) is 4.33. The summed E-state index contributed by atoms with van der Waals surface area (Å²) < 4.78 is 27.7. The fourth-order valence-electron chi connectivity index (χ4n) is 4.33. The van der Waals surface area contributed by atoms with E-state index in [0.717, 1.165) is 16.9 Å². The molecule has 3 aromatic carbocycles. The van der Waals surface area contributed by atoms with Crippen molar-refractivity contribution in [3.63, 3.8) is 0 Å². The van der Waals surface area contributed by atoms with E-state index in [1.807, 2.05) is 36.4 Å². The van der Waals surface area contributed by atoms with Crippen molar-refractivity contribution >= 4 is 17.8 Å². The van der Waals surface area contributed by atoms with E-state index in [0.29, 0.717) is 34.1 Å². The molecule has 0 unspecified atom stereocenters. The Hall–Kier alpha value is -4.26. The van der Waals surface area contributed by atoms with E-state index in [1.54, 1.807) is 45.6 Å². The topological polar surface area (TPSA) is 80.3 Å². The van der Waals surface area contributed by atoms with Gasteiger partial charge in [-0.3, -0.25) is 9.59 Å². The number of rotatable bonds is 5. The molecule has 0 fully saturated rings. The van der Waals surface area contributed by atoms with E-state index in [9.17, 15) is 9.59 Å². The third-order valence-corrected chi connectivity index (χ3v) is 6.01. The summed E-state index contributed by atoms with van der Waals surface area (Å²) in [5.41, 5.74) is 2.64. The molecule has 0 saturated heterocycles. The third kappa shape index (κ3) is 3.65. The van der Waals surface area contributed by atoms with E-state index in [1.165, 1.54) is 0 Å². The number of carbonyl (C=O) groups excluding carboxylic acids is 2. The van der Waals surface area contributed by atoms with Gasteiger partial charge >= 0.3 is 5.97 Å². The molecule has 0 aromatic heterocycles. The highest BCUT2D eigenvalue weighted by Crippen LogP contribution is 2.50. The van der Waals surface area contributed by atoms with E-state index >= 15 is 0 Å². The van der Waals surface area contributed by atoms with Gasteiger partial charge in [0.15, 0.2) is 5.76 Å². The summed E-state index contributed by atoms with van der Waals surface area (Å²) in [4.78, 5) is 25.6. The van der Waals surface area contributed by atoms with E-state index in [2.05, 4.69) is 0 Å². The van der Waals surface area contributed by atoms with Gasteiger partial charge < -0.3 is 23.7 Å². The first-order valence-corrected chi connectivity index (χ1v) is 10.7. The molecule has 1 atom stereocenters. The summed E-state index contributed by atoms with van der Waals surface area (Å²) in [5, 5.41) is 0. The lowest BCUT2D eigenvalue weighted by molar-refractivity contribution is -0.135. The van der Waals surface area contributed by atoms with Crippen LogP contribution in [0.15, 0.2) is 60.4 Å². The highest BCUT2D eigenvalue weighted by atomic mass is 16.5. The molecular formula is C27H22O7. The van der Waals surface area contributed by atoms with E-state index in [4.69, 9.17) is 23.7 Å². The van der Waals surface area contributed by atoms with Crippen LogP contribution in [-0.4, -0.2) is 33.1 Å². The third-order valence-electron chi connectivity index (χ3n) is 6.01. The quantitative estimate of drug-likeness (QED) is 0.310. The van der Waals surface area contributed by atoms with Crippen LogP contribution in [0.4, 0.5) is 0 Å². The molecule has 0 aliphatic carbocycles. The minimum absolute atomic E-state index is 0.0845. The number of hydrogen-bond donors (Lipinski definition) is 0. The first-order chi connectivity index (χ1) is 16.5. The molecule has 0 amide bonds. The first-order valence-electron chi connectivity index (χ1n) is 10.7. The van der Waals surface area contributed by atoms with Gasteiger partial charge in [0.1, 0.15) is 28.7 Å². The first kappa shape index (κ1) is 21.6. The molecule has 2 aliphatic rings. The van der Waals surface area contributed by atoms with Crippen molar-refractivity contribution in [1.82, 2.24) is 0 Å². The number of methoxy groups -OCH3 is 3. The molecule has 0 N–H and O–H groups in total. The smallest absolute Gasteiger partial charge is 0.312 e. The average molecular weight is 458 g/mol. The number of allylic oxidation sites excluding steroid dienone is 1. The van der Waals surface area contributed by atoms with Gasteiger partial charge in [-0.1, -0.05) is 18.2 Å². The lowest BCUT2D eigenvalue weighted by Gasteiger charge is -2.27. The number of fused-ring (bicyclic) bond motifs is 3. The zero-order chi connectivity index (χ0) is 23.8. The Morgan fingerprint density at radius 1 is 0.853 bits per heavy atom. The van der Waals surface area contributed by atoms with Crippen LogP contribution in [0, 0.1) is 0 Å². The van der Waals surface area contributed by atoms with Gasteiger partial charge in [0.2, 0.25) is 5.78 Å². The Bertz CT molecular complexity index is 1320. The van der Waals surface area contributed by atoms with Crippen LogP contribution in [0.2, 0.25) is 0 Å². The molecule has 7 heteroatoms. The number of carbonyl (C=O) groups is 2. The van der Waals surface area contributed by atoms with Gasteiger partial charge in [-0.25, -0.2) is 0 Å². The van der Waals surface area contributed by atoms with Crippen LogP contribution in [-0.2, 0) is 4.79 Å². The molecule has 2 heterocycles. The van der Waals surface area contributed by atoms with Gasteiger partial charge in [0.05, 0.1) is 33.3 Å². The standard InChI is InChI=1S/C27H22O7/c1-30-16-6-4-15(5-7-16)12-23-26(29)19-10-11-21-25(27(19)34-23)20(14-24(28)33-21)18-9-8-17(31-2)13-22(18)32-3/h4-13,20H,14H2,1-3H3/b23-12-/t20-/m0/s1. The summed E-state index contributed by atoms with van der Waals surface area (Å²) in [6, 6.07) is 16.0. The van der Waals surface area contributed by atoms with Crippen molar-refractivity contribution in [1.29, 1.82) is 0 Å². The average Bonchev–Trinajstić information content (AvgIpc) is 3.18. The predicted octanol–water partition coefficient (Wildman–Crippen LogP) is 4.77. The summed E-state index contributed by atoms with van der Waals surface area (Å²) in [5.74, 6) is 1.88. The molecule has 172 valence electrons. The minimum atomic E-state index is -0.416. The van der Waals surface area contributed by atoms with Crippen molar-refractivity contribution in [3.05, 3.63) is 82.6 Å². The van der Waals surface area contributed by atoms with Crippen molar-refractivity contribution in [2.24, 2.45) is 0 Å². The zero-order valence-electron chi connectivity index (χ0n) is 18.9. The van der Waals surface area contributed by atoms with E-state index < -0.39 is 5.92 Å². The molecule has 5 rings (SSSR count). The van der Waals surface area contributed by atoms with Crippen LogP contribution in [0.25, 0.3) is 6.08 Å². The fraction of sp³-hybridized carbons (Fsp3) is 0.185. The Balaban J connectivity index is 1.59. The van der Waals surface area contributed by atoms with Gasteiger partial charge in [0.25, 0.3) is 0 Å². The normalized spacial score (nSPS) is 17.5. The Labute approximate surface area is 196 Å². The molecule has 0 bridgehead atoms. The minimum Gasteiger partial charge on any atom is -0.497 e. The Morgan fingerprint density at radius 3 is 2.29 bits per heavy atom. The molecule has 7 nitrogen and oxygen atoms in total. The predicted molar refractivity (Wildman–Crippen MR) is 124 cm³/mol. The van der Waals surface area contributed by atoms with Crippen molar-refractivity contribution in [3.8, 4) is 28.7 Å². The van der Waals surface area contributed by atoms with Crippen LogP contribution >= 0.6 is 0 Å². The summed E-state index contributed by atoms with van der Waals surface area (Å²) in [7, 11) is 4.73. The van der Waals surface area contributed by atoms with Crippen LogP contribution < -0.4 is 23.7 Å². The molecule has 0 radical (unpaired) electrons. The molecule has 0 saturated carbocycles. The SMILES string of the molecule is COc1ccc(/C=C2\Oc3c(ccc4c3[C@H](c3ccc(OC)cc3OC)CC(=O)O4)C2=O)cc1. The largest absolute Gasteiger partial charge is 0.497 e. The Kier molecular flexibility index (Phi) is 5.45. The monoisotopic (exact) mass is 458 g/mol. The molecule has 3 aromatic rings. The van der Waals surface area contributed by atoms with Gasteiger partial charge in [-0.15, -0.1) is 0 Å². The number of hydrogen-bond acceptors (Lipinski definition) is 7. The second-order valence-electron chi connectivity index (χ2n) is 7.91. The molecular weight excluding hydrogens is 436 g/mol. The van der Waals surface area contributed by atoms with Crippen molar-refractivity contribution < 1.29 is 33.3 Å². The number of ether oxygens (including phenoxy) is 5. The van der Waals surface area contributed by atoms with Gasteiger partial charge in [-0.2, -0.15) is 0 Å². The van der Waals surface area contributed by atoms with E-state index in [-0.39, 0.29) is 23.9 Å². The second-order valence-corrected chi connectivity index (χ2v) is 7.91. The van der Waals surface area contributed by atoms with Crippen molar-refractivity contribution in [2.45, 2.75) is 12.3 Å². The zero-order valence-corrected chi connectivity index (χ0v) is 18.9. The van der Waals surface area contributed by atoms with Crippen LogP contribution in [0.3, 0.4) is 0 Å². The highest BCUT2D eigenvalue weighted by Gasteiger charge is 2.39. The number of esters is 1. The second kappa shape index (κ2) is 8.59. The molecule has 0 spiro atoms. The maximum absolute atomic E-state index is 13.2. The van der Waals surface area contributed by atoms with Crippen LogP contribution in [0.5, 0.6) is 28.7 Å². The lowest BCUT2D eigenvalue weighted by atomic mass is 9.84. The van der Waals surface area contributed by atoms with Gasteiger partial charge in [0, 0.05) is 23.1 Å². The van der Waals surface area contributed by atoms with Crippen LogP contribution in [0.1, 0.15) is 39.4 Å². The molecule has 34 heavy (non-hydrogen) atoms. The summed E-state index contributed by atoms with van der Waals surface area (Å²) in [6.07, 6.45) is 1.77. The van der Waals surface area contributed by atoms with Gasteiger partial charge in [-0.05, 0) is 42.0 Å². The lowest BCUT2D eigenvalue weighted by Crippen LogP contribution is -2.22. The number of benzene rings is 3. The number of Topliss-reactive ketones (excluding diaryl/α,β-unsaturated/α-hetero) is 1. The maximum Gasteiger partial charge on any atom is 0.312 e. The Morgan fingerprint density at radius 2 is 1.59 bits per heavy atom. The maximum atomic E-state index is 13.2. The highest BCUT2D eigenvalue weighted by molar-refractivity contribution is 6.15. The summed E-state index contributed by atoms with van der Waals surface area (Å²) >= 11 is 0. The van der Waals surface area contributed by atoms with Crippen molar-refractivity contribution in [2.75, 3.05) is 21.3 Å². The molecule has 2 aliphatic heterocycles. The number of ketones is 1. The summed E-state index contributed by atoms with van der Waals surface area (Å²) in [6.45, 7) is 0.